The fraction of sp³-hybridized carbons (Fsp3) is 0.190. The van der Waals surface area contributed by atoms with E-state index in [0.717, 1.165) is 11.3 Å². The van der Waals surface area contributed by atoms with Crippen LogP contribution in [-0.2, 0) is 17.8 Å². The highest BCUT2D eigenvalue weighted by Gasteiger charge is 2.17. The predicted molar refractivity (Wildman–Crippen MR) is 111 cm³/mol. The van der Waals surface area contributed by atoms with E-state index in [1.807, 2.05) is 24.3 Å². The van der Waals surface area contributed by atoms with Crippen molar-refractivity contribution < 1.29 is 23.8 Å². The maximum absolute atomic E-state index is 12.4. The Morgan fingerprint density at radius 1 is 1.13 bits per heavy atom. The molecule has 30 heavy (non-hydrogen) atoms. The number of hydrogen-bond donors (Lipinski definition) is 2. The fourth-order valence-corrected chi connectivity index (χ4v) is 3.53. The molecule has 0 aliphatic carbocycles. The molecule has 0 fully saturated rings. The zero-order valence-electron chi connectivity index (χ0n) is 16.1. The second-order valence-electron chi connectivity index (χ2n) is 6.47. The number of hydrogen-bond acceptors (Lipinski definition) is 7. The lowest BCUT2D eigenvalue weighted by Crippen LogP contribution is -2.24. The van der Waals surface area contributed by atoms with Crippen molar-refractivity contribution in [3.63, 3.8) is 0 Å². The summed E-state index contributed by atoms with van der Waals surface area (Å²) in [5.74, 6) is 1.46. The first-order valence-corrected chi connectivity index (χ1v) is 10.0. The van der Waals surface area contributed by atoms with Crippen molar-refractivity contribution in [1.29, 1.82) is 0 Å². The Morgan fingerprint density at radius 3 is 2.73 bits per heavy atom. The molecule has 3 aromatic rings. The van der Waals surface area contributed by atoms with Gasteiger partial charge in [-0.1, -0.05) is 12.1 Å². The lowest BCUT2D eigenvalue weighted by Gasteiger charge is -2.05. The second-order valence-corrected chi connectivity index (χ2v) is 7.33. The van der Waals surface area contributed by atoms with Crippen LogP contribution in [-0.4, -0.2) is 30.7 Å². The molecule has 0 bridgehead atoms. The molecule has 0 saturated heterocycles. The van der Waals surface area contributed by atoms with Crippen LogP contribution in [0.15, 0.2) is 47.8 Å². The van der Waals surface area contributed by atoms with E-state index in [1.165, 1.54) is 11.3 Å². The van der Waals surface area contributed by atoms with E-state index in [-0.39, 0.29) is 25.0 Å². The number of carbonyl (C=O) groups is 2. The van der Waals surface area contributed by atoms with Gasteiger partial charge in [0.05, 0.1) is 19.2 Å². The van der Waals surface area contributed by atoms with Crippen LogP contribution < -0.4 is 24.8 Å². The molecular formula is C21H19N3O5S. The van der Waals surface area contributed by atoms with E-state index in [2.05, 4.69) is 15.6 Å². The highest BCUT2D eigenvalue weighted by atomic mass is 32.1. The Bertz CT molecular complexity index is 1060. The molecule has 2 aromatic carbocycles. The van der Waals surface area contributed by atoms with Crippen molar-refractivity contribution in [2.45, 2.75) is 13.0 Å². The van der Waals surface area contributed by atoms with E-state index in [1.54, 1.807) is 30.7 Å². The molecule has 154 valence electrons. The molecular weight excluding hydrogens is 406 g/mol. The van der Waals surface area contributed by atoms with Gasteiger partial charge in [0.25, 0.3) is 5.91 Å². The number of amides is 2. The third kappa shape index (κ3) is 4.69. The molecule has 4 rings (SSSR count). The number of thiazole rings is 1. The first-order chi connectivity index (χ1) is 14.6. The third-order valence-corrected chi connectivity index (χ3v) is 5.20. The number of anilines is 1. The second kappa shape index (κ2) is 8.83. The third-order valence-electron chi connectivity index (χ3n) is 4.40. The normalized spacial score (nSPS) is 11.8. The van der Waals surface area contributed by atoms with Gasteiger partial charge in [-0.3, -0.25) is 14.9 Å². The summed E-state index contributed by atoms with van der Waals surface area (Å²) in [5.41, 5.74) is 2.00. The van der Waals surface area contributed by atoms with Gasteiger partial charge in [-0.05, 0) is 35.9 Å². The Hall–Kier alpha value is -3.59. The number of rotatable bonds is 7. The Labute approximate surface area is 176 Å². The van der Waals surface area contributed by atoms with E-state index in [0.29, 0.717) is 34.4 Å². The van der Waals surface area contributed by atoms with Crippen LogP contribution in [0.1, 0.15) is 21.6 Å². The molecule has 0 unspecified atom stereocenters. The van der Waals surface area contributed by atoms with Crippen molar-refractivity contribution in [3.05, 3.63) is 64.7 Å². The summed E-state index contributed by atoms with van der Waals surface area (Å²) in [6.45, 7) is 0.567. The Kier molecular flexibility index (Phi) is 5.80. The van der Waals surface area contributed by atoms with Gasteiger partial charge in [-0.2, -0.15) is 0 Å². The zero-order valence-corrected chi connectivity index (χ0v) is 17.0. The number of nitrogens with one attached hydrogen (secondary N) is 2. The predicted octanol–water partition coefficient (Wildman–Crippen LogP) is 2.99. The molecule has 0 spiro atoms. The summed E-state index contributed by atoms with van der Waals surface area (Å²) in [5, 5.41) is 7.78. The molecule has 8 nitrogen and oxygen atoms in total. The Balaban J connectivity index is 1.29. The lowest BCUT2D eigenvalue weighted by molar-refractivity contribution is -0.120. The maximum atomic E-state index is 12.4. The molecule has 1 aliphatic heterocycles. The van der Waals surface area contributed by atoms with Crippen molar-refractivity contribution >= 4 is 28.3 Å². The van der Waals surface area contributed by atoms with Crippen LogP contribution in [0.3, 0.4) is 0 Å². The highest BCUT2D eigenvalue weighted by Crippen LogP contribution is 2.32. The molecule has 0 atom stereocenters. The summed E-state index contributed by atoms with van der Waals surface area (Å²) in [7, 11) is 1.61. The summed E-state index contributed by atoms with van der Waals surface area (Å²) in [6, 6.07) is 12.5. The van der Waals surface area contributed by atoms with Gasteiger partial charge in [0.1, 0.15) is 5.75 Å². The van der Waals surface area contributed by atoms with Crippen molar-refractivity contribution in [1.82, 2.24) is 10.3 Å². The summed E-state index contributed by atoms with van der Waals surface area (Å²) in [6.07, 6.45) is 0.131. The minimum atomic E-state index is -0.307. The van der Waals surface area contributed by atoms with Crippen LogP contribution in [0.4, 0.5) is 5.13 Å². The molecule has 1 aliphatic rings. The van der Waals surface area contributed by atoms with Crippen molar-refractivity contribution in [2.24, 2.45) is 0 Å². The average Bonchev–Trinajstić information content (AvgIpc) is 3.41. The van der Waals surface area contributed by atoms with Gasteiger partial charge in [-0.25, -0.2) is 4.98 Å². The summed E-state index contributed by atoms with van der Waals surface area (Å²) < 4.78 is 15.6. The smallest absolute Gasteiger partial charge is 0.257 e. The minimum absolute atomic E-state index is 0.131. The van der Waals surface area contributed by atoms with Gasteiger partial charge in [0.2, 0.25) is 12.7 Å². The number of nitrogens with zero attached hydrogens (tertiary/aromatic N) is 1. The first kappa shape index (κ1) is 19.7. The van der Waals surface area contributed by atoms with Crippen LogP contribution in [0.5, 0.6) is 17.2 Å². The lowest BCUT2D eigenvalue weighted by atomic mass is 10.2. The van der Waals surface area contributed by atoms with Crippen LogP contribution >= 0.6 is 11.3 Å². The number of methoxy groups -OCH3 is 1. The standard InChI is InChI=1S/C21H19N3O5S/c1-27-16-5-2-13(3-6-16)10-22-19(25)9-15-11-30-21(23-15)24-20(26)14-4-7-17-18(8-14)29-12-28-17/h2-8,11H,9-10,12H2,1H3,(H,22,25)(H,23,24,26). The quantitative estimate of drug-likeness (QED) is 0.604. The average molecular weight is 425 g/mol. The molecule has 0 radical (unpaired) electrons. The van der Waals surface area contributed by atoms with Crippen molar-refractivity contribution in [3.8, 4) is 17.2 Å². The Morgan fingerprint density at radius 2 is 1.93 bits per heavy atom. The van der Waals surface area contributed by atoms with E-state index in [9.17, 15) is 9.59 Å². The molecule has 9 heteroatoms. The largest absolute Gasteiger partial charge is 0.497 e. The first-order valence-electron chi connectivity index (χ1n) is 9.16. The van der Waals surface area contributed by atoms with Crippen LogP contribution in [0.25, 0.3) is 0 Å². The van der Waals surface area contributed by atoms with Gasteiger partial charge >= 0.3 is 0 Å². The number of aromatic nitrogens is 1. The zero-order chi connectivity index (χ0) is 20.9. The number of ether oxygens (including phenoxy) is 3. The molecule has 1 aromatic heterocycles. The SMILES string of the molecule is COc1ccc(CNC(=O)Cc2csc(NC(=O)c3ccc4c(c3)OCO4)n2)cc1. The van der Waals surface area contributed by atoms with E-state index in [4.69, 9.17) is 14.2 Å². The summed E-state index contributed by atoms with van der Waals surface area (Å²) in [4.78, 5) is 28.9. The number of fused-ring (bicyclic) bond motifs is 1. The minimum Gasteiger partial charge on any atom is -0.497 e. The molecule has 2 amide bonds. The highest BCUT2D eigenvalue weighted by molar-refractivity contribution is 7.14. The van der Waals surface area contributed by atoms with E-state index >= 15 is 0 Å². The van der Waals surface area contributed by atoms with Gasteiger partial charge < -0.3 is 19.5 Å². The monoisotopic (exact) mass is 425 g/mol. The van der Waals surface area contributed by atoms with Gasteiger partial charge in [0, 0.05) is 17.5 Å². The number of benzene rings is 2. The van der Waals surface area contributed by atoms with Crippen LogP contribution in [0, 0.1) is 0 Å². The van der Waals surface area contributed by atoms with Gasteiger partial charge in [-0.15, -0.1) is 11.3 Å². The molecule has 2 N–H and O–H groups in total. The number of carbonyl (C=O) groups excluding carboxylic acids is 2. The van der Waals surface area contributed by atoms with E-state index < -0.39 is 0 Å². The molecule has 2 heterocycles. The van der Waals surface area contributed by atoms with Crippen molar-refractivity contribution in [2.75, 3.05) is 19.2 Å². The van der Waals surface area contributed by atoms with Gasteiger partial charge in [0.15, 0.2) is 16.6 Å². The maximum Gasteiger partial charge on any atom is 0.257 e. The topological polar surface area (TPSA) is 98.8 Å². The fourth-order valence-electron chi connectivity index (χ4n) is 2.82. The van der Waals surface area contributed by atoms with Crippen LogP contribution in [0.2, 0.25) is 0 Å². The molecule has 0 saturated carbocycles. The summed E-state index contributed by atoms with van der Waals surface area (Å²) >= 11 is 1.27.